The number of nitrogens with one attached hydrogen (secondary N) is 1. The quantitative estimate of drug-likeness (QED) is 0.518. The number of hydrogen-bond donors (Lipinski definition) is 1. The van der Waals surface area contributed by atoms with E-state index in [1.807, 2.05) is 35.7 Å². The second kappa shape index (κ2) is 6.82. The molecular formula is C20H12FNO2S2. The van der Waals surface area contributed by atoms with E-state index in [4.69, 9.17) is 0 Å². The van der Waals surface area contributed by atoms with Gasteiger partial charge < -0.3 is 5.32 Å². The van der Waals surface area contributed by atoms with Gasteiger partial charge in [-0.1, -0.05) is 30.3 Å². The van der Waals surface area contributed by atoms with E-state index in [0.29, 0.717) is 16.0 Å². The van der Waals surface area contributed by atoms with Crippen LogP contribution in [0.15, 0.2) is 70.8 Å². The molecule has 0 radical (unpaired) electrons. The van der Waals surface area contributed by atoms with Crippen LogP contribution in [0.2, 0.25) is 0 Å². The normalized spacial score (nSPS) is 10.8. The average Bonchev–Trinajstić information content (AvgIpc) is 3.16. The minimum atomic E-state index is -0.601. The number of halogens is 1. The third-order valence-electron chi connectivity index (χ3n) is 3.91. The molecule has 0 saturated carbocycles. The minimum Gasteiger partial charge on any atom is -0.313 e. The predicted molar refractivity (Wildman–Crippen MR) is 106 cm³/mol. The van der Waals surface area contributed by atoms with Crippen LogP contribution < -0.4 is 10.7 Å². The molecule has 0 aliphatic heterocycles. The maximum absolute atomic E-state index is 13.9. The maximum atomic E-state index is 13.9. The summed E-state index contributed by atoms with van der Waals surface area (Å²) in [5.74, 6) is -1.18. The van der Waals surface area contributed by atoms with Crippen molar-refractivity contribution in [3.05, 3.63) is 87.6 Å². The molecule has 2 heterocycles. The highest BCUT2D eigenvalue weighted by molar-refractivity contribution is 7.23. The van der Waals surface area contributed by atoms with E-state index in [-0.39, 0.29) is 11.0 Å². The predicted octanol–water partition coefficient (Wildman–Crippen LogP) is 5.38. The summed E-state index contributed by atoms with van der Waals surface area (Å²) in [6.07, 6.45) is 0. The zero-order chi connectivity index (χ0) is 18.1. The van der Waals surface area contributed by atoms with Crippen LogP contribution in [0.4, 0.5) is 9.39 Å². The van der Waals surface area contributed by atoms with Crippen molar-refractivity contribution >= 4 is 43.7 Å². The van der Waals surface area contributed by atoms with Crippen molar-refractivity contribution in [3.63, 3.8) is 0 Å². The third-order valence-corrected chi connectivity index (χ3v) is 5.88. The molecule has 0 saturated heterocycles. The molecule has 3 nitrogen and oxygen atoms in total. The van der Waals surface area contributed by atoms with Crippen molar-refractivity contribution in [2.45, 2.75) is 0 Å². The number of benzene rings is 2. The second-order valence-corrected chi connectivity index (χ2v) is 7.54. The summed E-state index contributed by atoms with van der Waals surface area (Å²) in [6, 6.07) is 16.7. The summed E-state index contributed by atoms with van der Waals surface area (Å²) >= 11 is 2.73. The van der Waals surface area contributed by atoms with Gasteiger partial charge in [0.25, 0.3) is 5.91 Å². The number of rotatable bonds is 3. The molecule has 128 valence electrons. The first-order chi connectivity index (χ1) is 12.6. The highest BCUT2D eigenvalue weighted by Gasteiger charge is 2.19. The highest BCUT2D eigenvalue weighted by atomic mass is 32.1. The van der Waals surface area contributed by atoms with Gasteiger partial charge in [-0.25, -0.2) is 4.39 Å². The monoisotopic (exact) mass is 381 g/mol. The highest BCUT2D eigenvalue weighted by Crippen LogP contribution is 2.35. The molecule has 0 unspecified atom stereocenters. The Morgan fingerprint density at radius 1 is 0.962 bits per heavy atom. The molecule has 6 heteroatoms. The first-order valence-corrected chi connectivity index (χ1v) is 9.50. The van der Waals surface area contributed by atoms with E-state index in [1.165, 1.54) is 40.9 Å². The van der Waals surface area contributed by atoms with Crippen LogP contribution in [0.3, 0.4) is 0 Å². The van der Waals surface area contributed by atoms with Gasteiger partial charge in [-0.05, 0) is 35.7 Å². The summed E-state index contributed by atoms with van der Waals surface area (Å²) in [5, 5.41) is 5.63. The lowest BCUT2D eigenvalue weighted by molar-refractivity contribution is 0.102. The van der Waals surface area contributed by atoms with Gasteiger partial charge in [-0.3, -0.25) is 9.59 Å². The van der Waals surface area contributed by atoms with Crippen LogP contribution in [-0.2, 0) is 0 Å². The van der Waals surface area contributed by atoms with Gasteiger partial charge in [0.05, 0.1) is 11.1 Å². The van der Waals surface area contributed by atoms with Crippen LogP contribution >= 0.6 is 22.7 Å². The Hall–Kier alpha value is -2.83. The van der Waals surface area contributed by atoms with Gasteiger partial charge in [-0.15, -0.1) is 22.7 Å². The number of hydrogen-bond acceptors (Lipinski definition) is 4. The molecule has 4 aromatic rings. The topological polar surface area (TPSA) is 46.2 Å². The molecule has 0 aliphatic rings. The van der Waals surface area contributed by atoms with E-state index >= 15 is 0 Å². The fourth-order valence-electron chi connectivity index (χ4n) is 2.69. The van der Waals surface area contributed by atoms with Crippen molar-refractivity contribution in [1.29, 1.82) is 0 Å². The molecule has 4 rings (SSSR count). The lowest BCUT2D eigenvalue weighted by Gasteiger charge is -2.11. The lowest BCUT2D eigenvalue weighted by atomic mass is 10.1. The van der Waals surface area contributed by atoms with Crippen LogP contribution in [0.25, 0.3) is 20.5 Å². The Morgan fingerprint density at radius 2 is 1.73 bits per heavy atom. The van der Waals surface area contributed by atoms with E-state index < -0.39 is 11.7 Å². The van der Waals surface area contributed by atoms with Gasteiger partial charge in [0.15, 0.2) is 5.43 Å². The van der Waals surface area contributed by atoms with Crippen LogP contribution in [0.5, 0.6) is 0 Å². The first kappa shape index (κ1) is 16.6. The molecule has 1 N–H and O–H groups in total. The van der Waals surface area contributed by atoms with Crippen molar-refractivity contribution in [1.82, 2.24) is 0 Å². The lowest BCUT2D eigenvalue weighted by Crippen LogP contribution is -2.16. The summed E-state index contributed by atoms with van der Waals surface area (Å²) in [4.78, 5) is 26.3. The number of thiophene rings is 1. The van der Waals surface area contributed by atoms with Crippen molar-refractivity contribution in [3.8, 4) is 10.4 Å². The molecular weight excluding hydrogens is 369 g/mol. The molecule has 1 amide bonds. The van der Waals surface area contributed by atoms with Gasteiger partial charge in [0.1, 0.15) is 10.8 Å². The minimum absolute atomic E-state index is 0.0579. The Kier molecular flexibility index (Phi) is 4.36. The van der Waals surface area contributed by atoms with Crippen molar-refractivity contribution in [2.75, 3.05) is 5.32 Å². The standard InChI is InChI=1S/C20H12FNO2S2/c21-14-8-3-1-6-12(14)19(24)22-20-17(16-10-5-11-25-16)18(23)13-7-2-4-9-15(13)26-20/h1-11H,(H,22,24). The number of fused-ring (bicyclic) bond motifs is 1. The molecule has 0 atom stereocenters. The second-order valence-electron chi connectivity index (χ2n) is 5.54. The molecule has 2 aromatic carbocycles. The summed E-state index contributed by atoms with van der Waals surface area (Å²) in [7, 11) is 0. The Bertz CT molecular complexity index is 1170. The summed E-state index contributed by atoms with van der Waals surface area (Å²) < 4.78 is 14.7. The van der Waals surface area contributed by atoms with E-state index in [2.05, 4.69) is 5.32 Å². The number of anilines is 1. The van der Waals surface area contributed by atoms with Crippen molar-refractivity contribution < 1.29 is 9.18 Å². The molecule has 0 bridgehead atoms. The van der Waals surface area contributed by atoms with Crippen LogP contribution in [0.1, 0.15) is 10.4 Å². The Morgan fingerprint density at radius 3 is 2.50 bits per heavy atom. The smallest absolute Gasteiger partial charge is 0.259 e. The molecule has 2 aromatic heterocycles. The van der Waals surface area contributed by atoms with Crippen LogP contribution in [0, 0.1) is 5.82 Å². The molecule has 26 heavy (non-hydrogen) atoms. The Balaban J connectivity index is 1.89. The van der Waals surface area contributed by atoms with E-state index in [1.54, 1.807) is 12.1 Å². The van der Waals surface area contributed by atoms with Gasteiger partial charge in [0.2, 0.25) is 0 Å². The zero-order valence-corrected chi connectivity index (χ0v) is 15.0. The number of carbonyl (C=O) groups excluding carboxylic acids is 1. The number of amides is 1. The first-order valence-electron chi connectivity index (χ1n) is 7.81. The molecule has 0 aliphatic carbocycles. The van der Waals surface area contributed by atoms with Crippen LogP contribution in [-0.4, -0.2) is 5.91 Å². The van der Waals surface area contributed by atoms with Crippen molar-refractivity contribution in [2.24, 2.45) is 0 Å². The molecule has 0 spiro atoms. The Labute approximate surface area is 156 Å². The van der Waals surface area contributed by atoms with Gasteiger partial charge >= 0.3 is 0 Å². The largest absolute Gasteiger partial charge is 0.313 e. The fourth-order valence-corrected chi connectivity index (χ4v) is 4.61. The fraction of sp³-hybridized carbons (Fsp3) is 0. The van der Waals surface area contributed by atoms with E-state index in [0.717, 1.165) is 9.58 Å². The zero-order valence-electron chi connectivity index (χ0n) is 13.4. The average molecular weight is 381 g/mol. The summed E-state index contributed by atoms with van der Waals surface area (Å²) in [6.45, 7) is 0. The third kappa shape index (κ3) is 2.94. The van der Waals surface area contributed by atoms with E-state index in [9.17, 15) is 14.0 Å². The summed E-state index contributed by atoms with van der Waals surface area (Å²) in [5.41, 5.74) is 0.233. The SMILES string of the molecule is O=C(Nc1sc2ccccc2c(=O)c1-c1cccs1)c1ccccc1F. The maximum Gasteiger partial charge on any atom is 0.259 e. The number of carbonyl (C=O) groups is 1. The van der Waals surface area contributed by atoms with Gasteiger partial charge in [0, 0.05) is 15.0 Å². The molecule has 0 fully saturated rings. The van der Waals surface area contributed by atoms with Gasteiger partial charge in [-0.2, -0.15) is 0 Å².